The smallest absolute Gasteiger partial charge is 0.0230 e. The summed E-state index contributed by atoms with van der Waals surface area (Å²) in [5.74, 6) is 0.629. The molecule has 0 aromatic heterocycles. The molecule has 0 heterocycles. The van der Waals surface area contributed by atoms with Gasteiger partial charge in [0.1, 0.15) is 0 Å². The van der Waals surface area contributed by atoms with Crippen LogP contribution in [0, 0.1) is 12.8 Å². The first-order chi connectivity index (χ1) is 5.70. The Morgan fingerprint density at radius 3 is 2.42 bits per heavy atom. The van der Waals surface area contributed by atoms with Gasteiger partial charge in [-0.15, -0.1) is 0 Å². The third-order valence-electron chi connectivity index (χ3n) is 1.85. The molecular weight excluding hydrogens is 144 g/mol. The van der Waals surface area contributed by atoms with Crippen LogP contribution < -0.4 is 0 Å². The van der Waals surface area contributed by atoms with Crippen molar-refractivity contribution in [2.75, 3.05) is 0 Å². The molecule has 0 amide bonds. The van der Waals surface area contributed by atoms with Crippen LogP contribution in [0.1, 0.15) is 25.0 Å². The molecule has 0 saturated carbocycles. The van der Waals surface area contributed by atoms with Gasteiger partial charge < -0.3 is 0 Å². The first-order valence-corrected chi connectivity index (χ1v) is 4.44. The van der Waals surface area contributed by atoms with E-state index < -0.39 is 0 Å². The summed E-state index contributed by atoms with van der Waals surface area (Å²) in [5.41, 5.74) is 2.67. The van der Waals surface area contributed by atoms with Crippen LogP contribution in [0.5, 0.6) is 0 Å². The predicted octanol–water partition coefficient (Wildman–Crippen LogP) is 3.66. The van der Waals surface area contributed by atoms with Crippen molar-refractivity contribution in [1.82, 2.24) is 0 Å². The van der Waals surface area contributed by atoms with Crippen LogP contribution in [-0.2, 0) is 0 Å². The van der Waals surface area contributed by atoms with E-state index in [4.69, 9.17) is 0 Å². The van der Waals surface area contributed by atoms with Crippen molar-refractivity contribution in [2.24, 2.45) is 5.92 Å². The molecule has 0 bridgehead atoms. The highest BCUT2D eigenvalue weighted by molar-refractivity contribution is 5.53. The van der Waals surface area contributed by atoms with Gasteiger partial charge in [-0.05, 0) is 24.0 Å². The second-order valence-corrected chi connectivity index (χ2v) is 3.46. The SMILES string of the molecule is Cc1ccccc1/C=C/C(C)C. The fourth-order valence-corrected chi connectivity index (χ4v) is 1.07. The Morgan fingerprint density at radius 2 is 1.83 bits per heavy atom. The van der Waals surface area contributed by atoms with Gasteiger partial charge >= 0.3 is 0 Å². The maximum Gasteiger partial charge on any atom is -0.0230 e. The third-order valence-corrected chi connectivity index (χ3v) is 1.85. The zero-order chi connectivity index (χ0) is 8.97. The van der Waals surface area contributed by atoms with Crippen LogP contribution in [0.4, 0.5) is 0 Å². The highest BCUT2D eigenvalue weighted by atomic mass is 14.0. The molecule has 0 fully saturated rings. The summed E-state index contributed by atoms with van der Waals surface area (Å²) >= 11 is 0. The lowest BCUT2D eigenvalue weighted by molar-refractivity contribution is 0.836. The van der Waals surface area contributed by atoms with Gasteiger partial charge in [-0.3, -0.25) is 0 Å². The maximum atomic E-state index is 2.22. The molecule has 0 spiro atoms. The molecule has 1 aromatic rings. The van der Waals surface area contributed by atoms with Gasteiger partial charge in [0.05, 0.1) is 0 Å². The molecule has 0 nitrogen and oxygen atoms in total. The molecule has 0 atom stereocenters. The Balaban J connectivity index is 2.82. The number of rotatable bonds is 2. The molecule has 0 N–H and O–H groups in total. The molecule has 0 unspecified atom stereocenters. The molecule has 0 aliphatic rings. The Bertz CT molecular complexity index is 269. The zero-order valence-corrected chi connectivity index (χ0v) is 8.04. The zero-order valence-electron chi connectivity index (χ0n) is 8.04. The normalized spacial score (nSPS) is 11.3. The highest BCUT2D eigenvalue weighted by Gasteiger charge is 1.90. The van der Waals surface area contributed by atoms with E-state index in [0.717, 1.165) is 0 Å². The van der Waals surface area contributed by atoms with E-state index in [-0.39, 0.29) is 0 Å². The molecule has 0 aliphatic carbocycles. The number of aryl methyl sites for hydroxylation is 1. The Morgan fingerprint density at radius 1 is 1.17 bits per heavy atom. The molecule has 1 aromatic carbocycles. The van der Waals surface area contributed by atoms with E-state index in [9.17, 15) is 0 Å². The summed E-state index contributed by atoms with van der Waals surface area (Å²) < 4.78 is 0. The van der Waals surface area contributed by atoms with Crippen molar-refractivity contribution >= 4 is 6.08 Å². The average molecular weight is 160 g/mol. The van der Waals surface area contributed by atoms with Gasteiger partial charge in [0, 0.05) is 0 Å². The fraction of sp³-hybridized carbons (Fsp3) is 0.333. The van der Waals surface area contributed by atoms with Crippen LogP contribution in [0.15, 0.2) is 30.3 Å². The van der Waals surface area contributed by atoms with Gasteiger partial charge in [0.2, 0.25) is 0 Å². The van der Waals surface area contributed by atoms with E-state index in [1.165, 1.54) is 11.1 Å². The second-order valence-electron chi connectivity index (χ2n) is 3.46. The molecule has 0 aliphatic heterocycles. The van der Waals surface area contributed by atoms with Gasteiger partial charge in [-0.25, -0.2) is 0 Å². The highest BCUT2D eigenvalue weighted by Crippen LogP contribution is 2.10. The number of hydrogen-bond donors (Lipinski definition) is 0. The lowest BCUT2D eigenvalue weighted by atomic mass is 10.1. The number of benzene rings is 1. The first kappa shape index (κ1) is 9.05. The van der Waals surface area contributed by atoms with Crippen molar-refractivity contribution in [3.8, 4) is 0 Å². The molecule has 0 heteroatoms. The monoisotopic (exact) mass is 160 g/mol. The minimum absolute atomic E-state index is 0.629. The third kappa shape index (κ3) is 2.54. The van der Waals surface area contributed by atoms with Gasteiger partial charge in [0.15, 0.2) is 0 Å². The molecule has 64 valence electrons. The lowest BCUT2D eigenvalue weighted by Crippen LogP contribution is -1.81. The van der Waals surface area contributed by atoms with E-state index in [1.807, 2.05) is 0 Å². The quantitative estimate of drug-likeness (QED) is 0.619. The van der Waals surface area contributed by atoms with Crippen LogP contribution >= 0.6 is 0 Å². The number of allylic oxidation sites excluding steroid dienone is 1. The average Bonchev–Trinajstić information content (AvgIpc) is 2.03. The topological polar surface area (TPSA) is 0 Å². The maximum absolute atomic E-state index is 2.22. The summed E-state index contributed by atoms with van der Waals surface area (Å²) in [4.78, 5) is 0. The van der Waals surface area contributed by atoms with E-state index in [1.54, 1.807) is 0 Å². The van der Waals surface area contributed by atoms with Gasteiger partial charge in [0.25, 0.3) is 0 Å². The fourth-order valence-electron chi connectivity index (χ4n) is 1.07. The summed E-state index contributed by atoms with van der Waals surface area (Å²) in [5, 5.41) is 0. The summed E-state index contributed by atoms with van der Waals surface area (Å²) in [6.07, 6.45) is 4.42. The standard InChI is InChI=1S/C12H16/c1-10(2)8-9-12-7-5-4-6-11(12)3/h4-10H,1-3H3/b9-8+. The van der Waals surface area contributed by atoms with Crippen LogP contribution in [0.2, 0.25) is 0 Å². The minimum Gasteiger partial charge on any atom is -0.0814 e. The van der Waals surface area contributed by atoms with Crippen molar-refractivity contribution in [3.05, 3.63) is 41.5 Å². The molecular formula is C12H16. The van der Waals surface area contributed by atoms with Crippen LogP contribution in [0.3, 0.4) is 0 Å². The molecule has 0 radical (unpaired) electrons. The predicted molar refractivity (Wildman–Crippen MR) is 55.1 cm³/mol. The lowest BCUT2D eigenvalue weighted by Gasteiger charge is -1.99. The van der Waals surface area contributed by atoms with Gasteiger partial charge in [-0.1, -0.05) is 50.3 Å². The summed E-state index contributed by atoms with van der Waals surface area (Å²) in [6, 6.07) is 8.43. The molecule has 12 heavy (non-hydrogen) atoms. The summed E-state index contributed by atoms with van der Waals surface area (Å²) in [7, 11) is 0. The minimum atomic E-state index is 0.629. The van der Waals surface area contributed by atoms with E-state index >= 15 is 0 Å². The van der Waals surface area contributed by atoms with E-state index in [0.29, 0.717) is 5.92 Å². The van der Waals surface area contributed by atoms with E-state index in [2.05, 4.69) is 57.2 Å². The van der Waals surface area contributed by atoms with Crippen molar-refractivity contribution < 1.29 is 0 Å². The molecule has 0 saturated heterocycles. The van der Waals surface area contributed by atoms with Crippen molar-refractivity contribution in [2.45, 2.75) is 20.8 Å². The van der Waals surface area contributed by atoms with Crippen molar-refractivity contribution in [3.63, 3.8) is 0 Å². The Kier molecular flexibility index (Phi) is 3.09. The van der Waals surface area contributed by atoms with Crippen molar-refractivity contribution in [1.29, 1.82) is 0 Å². The Labute approximate surface area is 74.9 Å². The first-order valence-electron chi connectivity index (χ1n) is 4.44. The number of hydrogen-bond acceptors (Lipinski definition) is 0. The van der Waals surface area contributed by atoms with Gasteiger partial charge in [-0.2, -0.15) is 0 Å². The second kappa shape index (κ2) is 4.10. The van der Waals surface area contributed by atoms with Crippen LogP contribution in [-0.4, -0.2) is 0 Å². The molecule has 1 rings (SSSR count). The van der Waals surface area contributed by atoms with Crippen LogP contribution in [0.25, 0.3) is 6.08 Å². The largest absolute Gasteiger partial charge is 0.0814 e. The Hall–Kier alpha value is -1.04. The summed E-state index contributed by atoms with van der Waals surface area (Å²) in [6.45, 7) is 6.52.